The molecule has 7 nitrogen and oxygen atoms in total. The molecule has 1 heterocycles. The summed E-state index contributed by atoms with van der Waals surface area (Å²) in [6.07, 6.45) is -4.53. The normalized spacial score (nSPS) is 11.0. The predicted octanol–water partition coefficient (Wildman–Crippen LogP) is 4.68. The number of carbonyl (C=O) groups is 2. The van der Waals surface area contributed by atoms with Gasteiger partial charge >= 0.3 is 6.18 Å². The van der Waals surface area contributed by atoms with Crippen molar-refractivity contribution in [3.8, 4) is 11.5 Å². The van der Waals surface area contributed by atoms with Crippen LogP contribution in [0.1, 0.15) is 26.4 Å². The molecule has 0 spiro atoms. The Morgan fingerprint density at radius 1 is 0.968 bits per heavy atom. The van der Waals surface area contributed by atoms with E-state index in [-0.39, 0.29) is 22.1 Å². The Kier molecular flexibility index (Phi) is 6.44. The van der Waals surface area contributed by atoms with Crippen LogP contribution in [0.5, 0.6) is 11.5 Å². The van der Waals surface area contributed by atoms with Crippen molar-refractivity contribution in [1.82, 2.24) is 4.98 Å². The second-order valence-electron chi connectivity index (χ2n) is 6.13. The highest BCUT2D eigenvalue weighted by atomic mass is 32.1. The third-order valence-electron chi connectivity index (χ3n) is 4.02. The Balaban J connectivity index is 1.70. The molecule has 0 saturated heterocycles. The van der Waals surface area contributed by atoms with E-state index in [0.29, 0.717) is 11.5 Å². The number of amides is 2. The van der Waals surface area contributed by atoms with Crippen LogP contribution in [-0.2, 0) is 6.18 Å². The van der Waals surface area contributed by atoms with E-state index in [0.717, 1.165) is 23.5 Å². The largest absolute Gasteiger partial charge is 0.497 e. The van der Waals surface area contributed by atoms with Crippen molar-refractivity contribution < 1.29 is 32.2 Å². The Morgan fingerprint density at radius 2 is 1.65 bits per heavy atom. The summed E-state index contributed by atoms with van der Waals surface area (Å²) < 4.78 is 48.7. The summed E-state index contributed by atoms with van der Waals surface area (Å²) in [7, 11) is 2.90. The lowest BCUT2D eigenvalue weighted by atomic mass is 10.2. The molecule has 0 aliphatic rings. The van der Waals surface area contributed by atoms with Gasteiger partial charge in [0.1, 0.15) is 17.2 Å². The van der Waals surface area contributed by atoms with Gasteiger partial charge in [0.2, 0.25) is 0 Å². The zero-order valence-electron chi connectivity index (χ0n) is 16.2. The molecule has 3 rings (SSSR count). The minimum Gasteiger partial charge on any atom is -0.497 e. The Hall–Kier alpha value is -3.60. The molecule has 0 bridgehead atoms. The number of aromatic nitrogens is 1. The summed E-state index contributed by atoms with van der Waals surface area (Å²) in [6.45, 7) is 0. The molecule has 0 unspecified atom stereocenters. The summed E-state index contributed by atoms with van der Waals surface area (Å²) in [4.78, 5) is 28.8. The molecule has 162 valence electrons. The van der Waals surface area contributed by atoms with Gasteiger partial charge in [-0.1, -0.05) is 6.07 Å². The van der Waals surface area contributed by atoms with Crippen molar-refractivity contribution in [3.05, 3.63) is 64.7 Å². The lowest BCUT2D eigenvalue weighted by molar-refractivity contribution is -0.137. The first-order valence-electron chi connectivity index (χ1n) is 8.68. The van der Waals surface area contributed by atoms with Crippen molar-refractivity contribution in [2.75, 3.05) is 24.9 Å². The van der Waals surface area contributed by atoms with Gasteiger partial charge in [-0.3, -0.25) is 14.9 Å². The third kappa shape index (κ3) is 5.51. The van der Waals surface area contributed by atoms with Gasteiger partial charge in [0, 0.05) is 22.7 Å². The predicted molar refractivity (Wildman–Crippen MR) is 109 cm³/mol. The molecule has 0 radical (unpaired) electrons. The number of hydrogen-bond acceptors (Lipinski definition) is 6. The van der Waals surface area contributed by atoms with E-state index in [9.17, 15) is 22.8 Å². The maximum Gasteiger partial charge on any atom is 0.416 e. The highest BCUT2D eigenvalue weighted by Gasteiger charge is 2.30. The van der Waals surface area contributed by atoms with Crippen LogP contribution in [0, 0.1) is 0 Å². The molecule has 0 aliphatic carbocycles. The van der Waals surface area contributed by atoms with Crippen molar-refractivity contribution >= 4 is 34.0 Å². The average molecular weight is 451 g/mol. The number of anilines is 2. The van der Waals surface area contributed by atoms with Gasteiger partial charge in [0.05, 0.1) is 19.8 Å². The van der Waals surface area contributed by atoms with Gasteiger partial charge < -0.3 is 14.8 Å². The summed E-state index contributed by atoms with van der Waals surface area (Å²) in [6, 6.07) is 8.87. The van der Waals surface area contributed by atoms with E-state index < -0.39 is 23.6 Å². The van der Waals surface area contributed by atoms with E-state index in [1.54, 1.807) is 6.07 Å². The fraction of sp³-hybridized carbons (Fsp3) is 0.150. The van der Waals surface area contributed by atoms with Gasteiger partial charge in [-0.25, -0.2) is 4.98 Å². The number of halogens is 3. The van der Waals surface area contributed by atoms with Gasteiger partial charge in [-0.2, -0.15) is 13.2 Å². The van der Waals surface area contributed by atoms with E-state index in [1.807, 2.05) is 0 Å². The van der Waals surface area contributed by atoms with Crippen LogP contribution in [0.15, 0.2) is 47.8 Å². The van der Waals surface area contributed by atoms with Crippen molar-refractivity contribution in [2.24, 2.45) is 0 Å². The van der Waals surface area contributed by atoms with Crippen LogP contribution < -0.4 is 20.1 Å². The van der Waals surface area contributed by atoms with E-state index in [1.165, 1.54) is 43.9 Å². The standard InChI is InChI=1S/C20H16F3N3O4S/c1-29-14-6-11(7-15(9-14)30-2)17(27)26-19-25-16(10-31-19)18(28)24-13-5-3-4-12(8-13)20(21,22)23/h3-10H,1-2H3,(H,24,28)(H,25,26,27). The molecule has 0 atom stereocenters. The fourth-order valence-corrected chi connectivity index (χ4v) is 3.20. The molecule has 0 aliphatic heterocycles. The van der Waals surface area contributed by atoms with Crippen molar-refractivity contribution in [2.45, 2.75) is 6.18 Å². The van der Waals surface area contributed by atoms with Gasteiger partial charge in [-0.15, -0.1) is 11.3 Å². The SMILES string of the molecule is COc1cc(OC)cc(C(=O)Nc2nc(C(=O)Nc3cccc(C(F)(F)F)c3)cs2)c1. The van der Waals surface area contributed by atoms with Gasteiger partial charge in [0.25, 0.3) is 11.8 Å². The Labute approximate surface area is 178 Å². The van der Waals surface area contributed by atoms with E-state index >= 15 is 0 Å². The summed E-state index contributed by atoms with van der Waals surface area (Å²) in [5, 5.41) is 6.44. The molecule has 1 aromatic heterocycles. The zero-order chi connectivity index (χ0) is 22.6. The number of methoxy groups -OCH3 is 2. The van der Waals surface area contributed by atoms with E-state index in [2.05, 4.69) is 15.6 Å². The number of carbonyl (C=O) groups excluding carboxylic acids is 2. The third-order valence-corrected chi connectivity index (χ3v) is 4.78. The number of ether oxygens (including phenoxy) is 2. The molecular weight excluding hydrogens is 435 g/mol. The molecule has 2 amide bonds. The highest BCUT2D eigenvalue weighted by molar-refractivity contribution is 7.14. The number of hydrogen-bond donors (Lipinski definition) is 2. The Bertz CT molecular complexity index is 1090. The Morgan fingerprint density at radius 3 is 2.26 bits per heavy atom. The number of benzene rings is 2. The quantitative estimate of drug-likeness (QED) is 0.568. The minimum atomic E-state index is -4.53. The molecule has 31 heavy (non-hydrogen) atoms. The minimum absolute atomic E-state index is 0.0260. The molecule has 0 saturated carbocycles. The van der Waals surface area contributed by atoms with Crippen LogP contribution in [0.2, 0.25) is 0 Å². The van der Waals surface area contributed by atoms with Crippen LogP contribution in [0.25, 0.3) is 0 Å². The summed E-state index contributed by atoms with van der Waals surface area (Å²) in [5.74, 6) is -0.370. The lowest BCUT2D eigenvalue weighted by Crippen LogP contribution is -2.15. The van der Waals surface area contributed by atoms with E-state index in [4.69, 9.17) is 9.47 Å². The average Bonchev–Trinajstić information content (AvgIpc) is 3.21. The first-order chi connectivity index (χ1) is 14.7. The maximum absolute atomic E-state index is 12.8. The van der Waals surface area contributed by atoms with Gasteiger partial charge in [-0.05, 0) is 30.3 Å². The van der Waals surface area contributed by atoms with Crippen LogP contribution in [0.3, 0.4) is 0 Å². The highest BCUT2D eigenvalue weighted by Crippen LogP contribution is 2.31. The molecular formula is C20H16F3N3O4S. The van der Waals surface area contributed by atoms with Crippen molar-refractivity contribution in [1.29, 1.82) is 0 Å². The van der Waals surface area contributed by atoms with Crippen LogP contribution in [0.4, 0.5) is 24.0 Å². The molecule has 2 aromatic carbocycles. The second-order valence-corrected chi connectivity index (χ2v) is 6.98. The lowest BCUT2D eigenvalue weighted by Gasteiger charge is -2.09. The number of nitrogens with one attached hydrogen (secondary N) is 2. The molecule has 3 aromatic rings. The molecule has 11 heteroatoms. The number of nitrogens with zero attached hydrogens (tertiary/aromatic N) is 1. The zero-order valence-corrected chi connectivity index (χ0v) is 17.1. The molecule has 2 N–H and O–H groups in total. The first-order valence-corrected chi connectivity index (χ1v) is 9.56. The summed E-state index contributed by atoms with van der Waals surface area (Å²) >= 11 is 0.992. The first kappa shape index (κ1) is 22.1. The van der Waals surface area contributed by atoms with Crippen molar-refractivity contribution in [3.63, 3.8) is 0 Å². The second kappa shape index (κ2) is 9.04. The summed E-state index contributed by atoms with van der Waals surface area (Å²) in [5.41, 5.74) is -0.713. The number of rotatable bonds is 6. The van der Waals surface area contributed by atoms with Crippen LogP contribution in [-0.4, -0.2) is 31.0 Å². The van der Waals surface area contributed by atoms with Gasteiger partial charge in [0.15, 0.2) is 5.13 Å². The smallest absolute Gasteiger partial charge is 0.416 e. The monoisotopic (exact) mass is 451 g/mol. The fourth-order valence-electron chi connectivity index (χ4n) is 2.51. The topological polar surface area (TPSA) is 89.6 Å². The number of thiazole rings is 1. The maximum atomic E-state index is 12.8. The molecule has 0 fully saturated rings. The van der Waals surface area contributed by atoms with Crippen LogP contribution >= 0.6 is 11.3 Å². The number of alkyl halides is 3.